The number of thiophene rings is 1. The zero-order chi connectivity index (χ0) is 31.8. The van der Waals surface area contributed by atoms with Gasteiger partial charge in [0.1, 0.15) is 5.82 Å². The molecule has 0 atom stereocenters. The summed E-state index contributed by atoms with van der Waals surface area (Å²) in [5.74, 6) is -2.54. The first kappa shape index (κ1) is 29.6. The molecule has 45 heavy (non-hydrogen) atoms. The van der Waals surface area contributed by atoms with Crippen LogP contribution in [0.25, 0.3) is 42.8 Å². The number of nitrogen functional groups attached to an aromatic ring is 1. The minimum atomic E-state index is -0.930. The van der Waals surface area contributed by atoms with Crippen molar-refractivity contribution in [2.75, 3.05) is 5.73 Å². The Morgan fingerprint density at radius 2 is 1.87 bits per heavy atom. The Hall–Kier alpha value is -5.49. The van der Waals surface area contributed by atoms with Crippen LogP contribution in [0.4, 0.5) is 14.6 Å². The number of fused-ring (bicyclic) bond motifs is 1. The zero-order valence-corrected chi connectivity index (χ0v) is 25.4. The lowest BCUT2D eigenvalue weighted by Crippen LogP contribution is -2.19. The lowest BCUT2D eigenvalue weighted by Gasteiger charge is -2.13. The number of benzene rings is 2. The van der Waals surface area contributed by atoms with Gasteiger partial charge in [-0.15, -0.1) is 11.3 Å². The first-order valence-corrected chi connectivity index (χ1v) is 14.6. The number of rotatable bonds is 8. The van der Waals surface area contributed by atoms with Gasteiger partial charge in [0.25, 0.3) is 0 Å². The summed E-state index contributed by atoms with van der Waals surface area (Å²) < 4.78 is 39.2. The van der Waals surface area contributed by atoms with E-state index in [1.807, 2.05) is 38.4 Å². The predicted molar refractivity (Wildman–Crippen MR) is 171 cm³/mol. The Morgan fingerprint density at radius 1 is 1.09 bits per heavy atom. The molecule has 0 radical (unpaired) electrons. The Kier molecular flexibility index (Phi) is 7.81. The Morgan fingerprint density at radius 3 is 2.53 bits per heavy atom. The van der Waals surface area contributed by atoms with Gasteiger partial charge in [0.05, 0.1) is 6.20 Å². The molecule has 0 saturated carbocycles. The highest BCUT2D eigenvalue weighted by atomic mass is 32.1. The second-order valence-electron chi connectivity index (χ2n) is 10.4. The normalized spacial score (nSPS) is 11.1. The molecule has 6 rings (SSSR count). The average Bonchev–Trinajstić information content (AvgIpc) is 3.62. The van der Waals surface area contributed by atoms with Crippen molar-refractivity contribution >= 4 is 33.1 Å². The number of halogens is 2. The summed E-state index contributed by atoms with van der Waals surface area (Å²) >= 11 is 1.44. The molecular formula is C33H27F2N7O2S. The van der Waals surface area contributed by atoms with Crippen molar-refractivity contribution in [3.8, 4) is 44.5 Å². The summed E-state index contributed by atoms with van der Waals surface area (Å²) in [6.07, 6.45) is 7.93. The number of anilines is 1. The predicted octanol–water partition coefficient (Wildman–Crippen LogP) is 6.89. The molecule has 0 aliphatic carbocycles. The SMILES string of the molecule is C=CC(=O)NCc1ccc(-c2sc3c(-c4cnn(C)c4)cnc(N)c3c2-c2cc(F)c(Oc3nccc(C)n3)c(F)c2)c(C)c1. The number of nitrogens with two attached hydrogens (primary N) is 1. The number of carbonyl (C=O) groups is 1. The van der Waals surface area contributed by atoms with Gasteiger partial charge < -0.3 is 15.8 Å². The second kappa shape index (κ2) is 11.9. The van der Waals surface area contributed by atoms with Crippen LogP contribution >= 0.6 is 11.3 Å². The summed E-state index contributed by atoms with van der Waals surface area (Å²) in [7, 11) is 1.82. The van der Waals surface area contributed by atoms with Crippen LogP contribution in [0.2, 0.25) is 0 Å². The van der Waals surface area contributed by atoms with Gasteiger partial charge in [0, 0.05) is 69.5 Å². The van der Waals surface area contributed by atoms with E-state index >= 15 is 8.78 Å². The lowest BCUT2D eigenvalue weighted by atomic mass is 9.95. The van der Waals surface area contributed by atoms with E-state index in [0.717, 1.165) is 37.4 Å². The number of aromatic nitrogens is 5. The van der Waals surface area contributed by atoms with Crippen LogP contribution in [0, 0.1) is 25.5 Å². The molecule has 0 unspecified atom stereocenters. The van der Waals surface area contributed by atoms with Crippen LogP contribution in [0.3, 0.4) is 0 Å². The monoisotopic (exact) mass is 623 g/mol. The number of carbonyl (C=O) groups excluding carboxylic acids is 1. The standard InChI is InChI=1S/C33H27F2N7O2S/c1-5-26(43)38-13-19-6-7-22(17(2)10-19)30-27(28-31(45-30)23(15-39-32(28)36)21-14-40-42(4)16-21)20-11-24(34)29(25(35)12-20)44-33-37-9-8-18(3)41-33/h5-12,14-16H,1,13H2,2-4H3,(H2,36,39)(H,38,43). The van der Waals surface area contributed by atoms with Crippen LogP contribution < -0.4 is 15.8 Å². The van der Waals surface area contributed by atoms with Crippen LogP contribution in [0.15, 0.2) is 73.8 Å². The minimum absolute atomic E-state index is 0.170. The van der Waals surface area contributed by atoms with Crippen LogP contribution in [0.1, 0.15) is 16.8 Å². The molecule has 0 aliphatic rings. The molecule has 3 N–H and O–H groups in total. The van der Waals surface area contributed by atoms with E-state index in [4.69, 9.17) is 10.5 Å². The van der Waals surface area contributed by atoms with Crippen molar-refractivity contribution in [3.05, 3.63) is 102 Å². The van der Waals surface area contributed by atoms with Crippen molar-refractivity contribution in [1.29, 1.82) is 0 Å². The number of amides is 1. The van der Waals surface area contributed by atoms with Crippen molar-refractivity contribution in [1.82, 2.24) is 30.0 Å². The largest absolute Gasteiger partial charge is 0.418 e. The van der Waals surface area contributed by atoms with Crippen molar-refractivity contribution in [2.45, 2.75) is 20.4 Å². The molecule has 0 bridgehead atoms. The molecule has 0 spiro atoms. The number of pyridine rings is 1. The van der Waals surface area contributed by atoms with Gasteiger partial charge in [-0.25, -0.2) is 23.7 Å². The summed E-state index contributed by atoms with van der Waals surface area (Å²) in [5, 5.41) is 7.64. The molecule has 226 valence electrons. The van der Waals surface area contributed by atoms with E-state index in [1.165, 1.54) is 35.7 Å². The van der Waals surface area contributed by atoms with E-state index in [9.17, 15) is 4.79 Å². The maximum absolute atomic E-state index is 15.7. The highest BCUT2D eigenvalue weighted by Crippen LogP contribution is 2.50. The van der Waals surface area contributed by atoms with Crippen LogP contribution in [-0.2, 0) is 18.4 Å². The summed E-state index contributed by atoms with van der Waals surface area (Å²) in [6.45, 7) is 7.46. The third-order valence-electron chi connectivity index (χ3n) is 7.20. The van der Waals surface area contributed by atoms with Gasteiger partial charge in [-0.3, -0.25) is 9.48 Å². The highest BCUT2D eigenvalue weighted by molar-refractivity contribution is 7.23. The van der Waals surface area contributed by atoms with E-state index < -0.39 is 17.4 Å². The number of hydrogen-bond donors (Lipinski definition) is 2. The molecule has 4 heterocycles. The molecule has 9 nitrogen and oxygen atoms in total. The number of ether oxygens (including phenoxy) is 1. The quantitative estimate of drug-likeness (QED) is 0.177. The maximum Gasteiger partial charge on any atom is 0.322 e. The van der Waals surface area contributed by atoms with E-state index in [2.05, 4.69) is 31.9 Å². The smallest absolute Gasteiger partial charge is 0.322 e. The maximum atomic E-state index is 15.7. The zero-order valence-electron chi connectivity index (χ0n) is 24.6. The first-order chi connectivity index (χ1) is 21.6. The molecular weight excluding hydrogens is 596 g/mol. The first-order valence-electron chi connectivity index (χ1n) is 13.8. The van der Waals surface area contributed by atoms with Crippen LogP contribution in [-0.4, -0.2) is 30.6 Å². The third-order valence-corrected chi connectivity index (χ3v) is 8.45. The molecule has 4 aromatic heterocycles. The number of nitrogens with one attached hydrogen (secondary N) is 1. The van der Waals surface area contributed by atoms with Crippen molar-refractivity contribution < 1.29 is 18.3 Å². The Bertz CT molecular complexity index is 2100. The molecule has 6 aromatic rings. The van der Waals surface area contributed by atoms with E-state index in [0.29, 0.717) is 23.2 Å². The number of hydrogen-bond acceptors (Lipinski definition) is 8. The van der Waals surface area contributed by atoms with Gasteiger partial charge in [-0.2, -0.15) is 5.10 Å². The second-order valence-corrected chi connectivity index (χ2v) is 11.4. The average molecular weight is 624 g/mol. The fourth-order valence-electron chi connectivity index (χ4n) is 5.07. The fourth-order valence-corrected chi connectivity index (χ4v) is 6.53. The minimum Gasteiger partial charge on any atom is -0.418 e. The molecule has 1 amide bonds. The molecule has 0 fully saturated rings. The van der Waals surface area contributed by atoms with Crippen LogP contribution in [0.5, 0.6) is 11.8 Å². The van der Waals surface area contributed by atoms with Gasteiger partial charge in [-0.1, -0.05) is 24.8 Å². The van der Waals surface area contributed by atoms with Crippen molar-refractivity contribution in [2.24, 2.45) is 7.05 Å². The van der Waals surface area contributed by atoms with Gasteiger partial charge in [-0.05, 0) is 60.4 Å². The van der Waals surface area contributed by atoms with Crippen molar-refractivity contribution in [3.63, 3.8) is 0 Å². The summed E-state index contributed by atoms with van der Waals surface area (Å²) in [4.78, 5) is 25.0. The van der Waals surface area contributed by atoms with E-state index in [-0.39, 0.29) is 23.3 Å². The van der Waals surface area contributed by atoms with E-state index in [1.54, 1.807) is 30.1 Å². The number of aryl methyl sites for hydroxylation is 3. The van der Waals surface area contributed by atoms with Gasteiger partial charge >= 0.3 is 6.01 Å². The molecule has 2 aromatic carbocycles. The highest BCUT2D eigenvalue weighted by Gasteiger charge is 2.25. The van der Waals surface area contributed by atoms with Gasteiger partial charge in [0.15, 0.2) is 11.6 Å². The summed E-state index contributed by atoms with van der Waals surface area (Å²) in [5.41, 5.74) is 12.1. The molecule has 0 aliphatic heterocycles. The lowest BCUT2D eigenvalue weighted by molar-refractivity contribution is -0.116. The molecule has 0 saturated heterocycles. The number of nitrogens with zero attached hydrogens (tertiary/aromatic N) is 5. The molecule has 12 heteroatoms. The fraction of sp³-hybridized carbons (Fsp3) is 0.121. The summed E-state index contributed by atoms with van der Waals surface area (Å²) in [6, 6.07) is 9.67. The topological polar surface area (TPSA) is 121 Å². The van der Waals surface area contributed by atoms with Gasteiger partial charge in [0.2, 0.25) is 11.7 Å². The Balaban J connectivity index is 1.55. The Labute approximate surface area is 261 Å². The third kappa shape index (κ3) is 5.75.